The molecule has 0 saturated carbocycles. The lowest BCUT2D eigenvalue weighted by Gasteiger charge is -2.19. The lowest BCUT2D eigenvalue weighted by atomic mass is 9.93. The minimum absolute atomic E-state index is 0.312. The molecule has 0 unspecified atom stereocenters. The Hall–Kier alpha value is -1.34. The van der Waals surface area contributed by atoms with Crippen LogP contribution >= 0.6 is 0 Å². The fourth-order valence-electron chi connectivity index (χ4n) is 2.48. The molecule has 0 N–H and O–H groups in total. The molecule has 0 aliphatic heterocycles. The molecule has 0 nitrogen and oxygen atoms in total. The predicted molar refractivity (Wildman–Crippen MR) is 73.1 cm³/mol. The van der Waals surface area contributed by atoms with Gasteiger partial charge in [-0.15, -0.1) is 0 Å². The smallest absolute Gasteiger partial charge is 0.0741 e. The van der Waals surface area contributed by atoms with Crippen LogP contribution < -0.4 is 0 Å². The summed E-state index contributed by atoms with van der Waals surface area (Å²) in [5.74, 6) is 0. The average molecular weight is 223 g/mol. The van der Waals surface area contributed by atoms with Crippen LogP contribution in [0.15, 0.2) is 41.6 Å². The van der Waals surface area contributed by atoms with Gasteiger partial charge in [-0.1, -0.05) is 60.8 Å². The highest BCUT2D eigenvalue weighted by Crippen LogP contribution is 2.31. The Labute approximate surface area is 98.2 Å². The van der Waals surface area contributed by atoms with E-state index >= 15 is 0 Å². The van der Waals surface area contributed by atoms with Crippen LogP contribution in [0.2, 0.25) is 13.1 Å². The van der Waals surface area contributed by atoms with Crippen LogP contribution in [-0.4, -0.2) is 8.80 Å². The average Bonchev–Trinajstić information content (AvgIpc) is 2.29. The van der Waals surface area contributed by atoms with E-state index < -0.39 is 0 Å². The molecule has 2 aromatic rings. The molecule has 0 amide bonds. The van der Waals surface area contributed by atoms with E-state index in [0.29, 0.717) is 0 Å². The molecule has 1 radical (unpaired) electrons. The Bertz CT molecular complexity index is 574. The fourth-order valence-corrected chi connectivity index (χ4v) is 3.47. The molecule has 0 atom stereocenters. The van der Waals surface area contributed by atoms with Crippen LogP contribution in [0.5, 0.6) is 0 Å². The molecule has 1 aliphatic rings. The molecule has 0 heterocycles. The molecule has 79 valence electrons. The van der Waals surface area contributed by atoms with Crippen LogP contribution in [0.1, 0.15) is 11.1 Å². The highest BCUT2D eigenvalue weighted by atomic mass is 28.3. The summed E-state index contributed by atoms with van der Waals surface area (Å²) >= 11 is 0. The first kappa shape index (κ1) is 9.85. The SMILES string of the molecule is C[Si](C)C1=Cc2cccc3cccc(c23)C1. The molecule has 0 spiro atoms. The van der Waals surface area contributed by atoms with Crippen molar-refractivity contribution in [3.05, 3.63) is 52.7 Å². The van der Waals surface area contributed by atoms with Crippen molar-refractivity contribution in [1.29, 1.82) is 0 Å². The molecule has 1 aliphatic carbocycles. The van der Waals surface area contributed by atoms with Gasteiger partial charge in [-0.2, -0.15) is 0 Å². The number of benzene rings is 2. The highest BCUT2D eigenvalue weighted by molar-refractivity contribution is 6.65. The summed E-state index contributed by atoms with van der Waals surface area (Å²) in [7, 11) is -0.312. The van der Waals surface area contributed by atoms with E-state index in [2.05, 4.69) is 55.6 Å². The van der Waals surface area contributed by atoms with Crippen LogP contribution in [0.4, 0.5) is 0 Å². The second-order valence-corrected chi connectivity index (χ2v) is 7.35. The van der Waals surface area contributed by atoms with Gasteiger partial charge < -0.3 is 0 Å². The summed E-state index contributed by atoms with van der Waals surface area (Å²) in [6.07, 6.45) is 3.58. The molecule has 16 heavy (non-hydrogen) atoms. The first-order valence-electron chi connectivity index (χ1n) is 5.77. The van der Waals surface area contributed by atoms with E-state index in [4.69, 9.17) is 0 Å². The van der Waals surface area contributed by atoms with Crippen molar-refractivity contribution < 1.29 is 0 Å². The quantitative estimate of drug-likeness (QED) is 0.639. The molecule has 0 bridgehead atoms. The number of rotatable bonds is 1. The van der Waals surface area contributed by atoms with E-state index in [1.54, 1.807) is 5.20 Å². The van der Waals surface area contributed by atoms with E-state index in [1.165, 1.54) is 21.9 Å². The molecule has 0 aromatic heterocycles. The van der Waals surface area contributed by atoms with Crippen molar-refractivity contribution >= 4 is 25.6 Å². The third-order valence-corrected chi connectivity index (χ3v) is 4.98. The van der Waals surface area contributed by atoms with Gasteiger partial charge >= 0.3 is 0 Å². The minimum atomic E-state index is -0.312. The summed E-state index contributed by atoms with van der Waals surface area (Å²) in [6, 6.07) is 13.3. The van der Waals surface area contributed by atoms with Gasteiger partial charge in [-0.25, -0.2) is 0 Å². The van der Waals surface area contributed by atoms with Crippen molar-refractivity contribution in [2.75, 3.05) is 0 Å². The normalized spacial score (nSPS) is 14.3. The summed E-state index contributed by atoms with van der Waals surface area (Å²) in [6.45, 7) is 4.76. The van der Waals surface area contributed by atoms with Crippen LogP contribution in [0.3, 0.4) is 0 Å². The zero-order chi connectivity index (χ0) is 11.1. The lowest BCUT2D eigenvalue weighted by molar-refractivity contribution is 1.25. The van der Waals surface area contributed by atoms with Crippen molar-refractivity contribution in [3.8, 4) is 0 Å². The zero-order valence-electron chi connectivity index (χ0n) is 9.75. The van der Waals surface area contributed by atoms with E-state index in [1.807, 2.05) is 0 Å². The summed E-state index contributed by atoms with van der Waals surface area (Å²) in [4.78, 5) is 0. The van der Waals surface area contributed by atoms with Gasteiger partial charge in [-0.05, 0) is 28.3 Å². The lowest BCUT2D eigenvalue weighted by Crippen LogP contribution is -2.11. The third-order valence-electron chi connectivity index (χ3n) is 3.38. The molecular formula is C15H15Si. The van der Waals surface area contributed by atoms with Gasteiger partial charge in [0.05, 0.1) is 8.80 Å². The first-order chi connectivity index (χ1) is 7.75. The largest absolute Gasteiger partial charge is 0.0782 e. The van der Waals surface area contributed by atoms with Crippen molar-refractivity contribution in [2.45, 2.75) is 19.5 Å². The van der Waals surface area contributed by atoms with Gasteiger partial charge in [0.2, 0.25) is 0 Å². The van der Waals surface area contributed by atoms with Gasteiger partial charge in [0.25, 0.3) is 0 Å². The topological polar surface area (TPSA) is 0 Å². The Balaban J connectivity index is 2.32. The standard InChI is InChI=1S/C15H15Si/c1-16(2)14-9-12-7-3-5-11-6-4-8-13(10-14)15(11)12/h3-9H,10H2,1-2H3. The highest BCUT2D eigenvalue weighted by Gasteiger charge is 2.15. The van der Waals surface area contributed by atoms with Gasteiger partial charge in [-0.3, -0.25) is 0 Å². The van der Waals surface area contributed by atoms with E-state index in [-0.39, 0.29) is 8.80 Å². The monoisotopic (exact) mass is 223 g/mol. The number of hydrogen-bond donors (Lipinski definition) is 0. The van der Waals surface area contributed by atoms with Gasteiger partial charge in [0, 0.05) is 0 Å². The molecule has 3 rings (SSSR count). The van der Waals surface area contributed by atoms with Crippen molar-refractivity contribution in [3.63, 3.8) is 0 Å². The third kappa shape index (κ3) is 1.43. The molecular weight excluding hydrogens is 208 g/mol. The Morgan fingerprint density at radius 1 is 1.00 bits per heavy atom. The maximum atomic E-state index is 2.42. The Morgan fingerprint density at radius 2 is 1.75 bits per heavy atom. The summed E-state index contributed by atoms with van der Waals surface area (Å²) < 4.78 is 0. The maximum absolute atomic E-state index is 2.42. The molecule has 0 saturated heterocycles. The Morgan fingerprint density at radius 3 is 2.50 bits per heavy atom. The first-order valence-corrected chi connectivity index (χ1v) is 8.27. The number of allylic oxidation sites excluding steroid dienone is 1. The number of hydrogen-bond acceptors (Lipinski definition) is 0. The molecule has 2 aromatic carbocycles. The van der Waals surface area contributed by atoms with E-state index in [0.717, 1.165) is 6.42 Å². The minimum Gasteiger partial charge on any atom is -0.0782 e. The van der Waals surface area contributed by atoms with Gasteiger partial charge in [0.1, 0.15) is 0 Å². The van der Waals surface area contributed by atoms with Crippen LogP contribution in [-0.2, 0) is 6.42 Å². The zero-order valence-corrected chi connectivity index (χ0v) is 10.7. The van der Waals surface area contributed by atoms with Gasteiger partial charge in [0.15, 0.2) is 0 Å². The molecule has 1 heteroatoms. The molecule has 0 fully saturated rings. The maximum Gasteiger partial charge on any atom is 0.0741 e. The Kier molecular flexibility index (Phi) is 2.22. The van der Waals surface area contributed by atoms with Crippen molar-refractivity contribution in [1.82, 2.24) is 0 Å². The second-order valence-electron chi connectivity index (χ2n) is 4.71. The van der Waals surface area contributed by atoms with Crippen LogP contribution in [0, 0.1) is 0 Å². The van der Waals surface area contributed by atoms with E-state index in [9.17, 15) is 0 Å². The summed E-state index contributed by atoms with van der Waals surface area (Å²) in [5, 5.41) is 4.50. The van der Waals surface area contributed by atoms with Crippen molar-refractivity contribution in [2.24, 2.45) is 0 Å². The second kappa shape index (κ2) is 3.60. The predicted octanol–water partition coefficient (Wildman–Crippen LogP) is 4.07. The van der Waals surface area contributed by atoms with Crippen LogP contribution in [0.25, 0.3) is 16.8 Å². The fraction of sp³-hybridized carbons (Fsp3) is 0.200. The summed E-state index contributed by atoms with van der Waals surface area (Å²) in [5.41, 5.74) is 2.93.